The Balaban J connectivity index is 1.40. The molecule has 128 valence electrons. The molecule has 0 aromatic carbocycles. The lowest BCUT2D eigenvalue weighted by Crippen LogP contribution is -2.42. The Hall–Kier alpha value is -2.26. The number of carbonyl (C=O) groups excluding carboxylic acids is 2. The van der Waals surface area contributed by atoms with Crippen LogP contribution >= 0.6 is 11.3 Å². The summed E-state index contributed by atoms with van der Waals surface area (Å²) in [7, 11) is 0. The van der Waals surface area contributed by atoms with E-state index in [1.807, 2.05) is 16.8 Å². The van der Waals surface area contributed by atoms with Gasteiger partial charge in [0.15, 0.2) is 6.61 Å². The van der Waals surface area contributed by atoms with E-state index < -0.39 is 5.97 Å². The molecule has 0 N–H and O–H groups in total. The number of hydrogen-bond acceptors (Lipinski definition) is 8. The minimum absolute atomic E-state index is 0.0850. The smallest absolute Gasteiger partial charge is 0.306 e. The summed E-state index contributed by atoms with van der Waals surface area (Å²) in [4.78, 5) is 29.5. The molecule has 0 unspecified atom stereocenters. The number of thiophene rings is 1. The van der Waals surface area contributed by atoms with E-state index in [0.29, 0.717) is 38.0 Å². The molecule has 1 aliphatic heterocycles. The van der Waals surface area contributed by atoms with E-state index in [0.717, 1.165) is 5.56 Å². The molecule has 3 heterocycles. The van der Waals surface area contributed by atoms with Crippen LogP contribution in [0.5, 0.6) is 0 Å². The van der Waals surface area contributed by atoms with Crippen LogP contribution in [0, 0.1) is 0 Å². The minimum atomic E-state index is -0.466. The molecule has 2 aromatic rings. The number of morpholine rings is 1. The summed E-state index contributed by atoms with van der Waals surface area (Å²) >= 11 is 1.54. The lowest BCUT2D eigenvalue weighted by molar-refractivity contribution is -0.153. The van der Waals surface area contributed by atoms with E-state index in [1.165, 1.54) is 0 Å². The Bertz CT molecular complexity index is 679. The molecule has 24 heavy (non-hydrogen) atoms. The highest BCUT2D eigenvalue weighted by Crippen LogP contribution is 2.19. The molecule has 9 heteroatoms. The topological polar surface area (TPSA) is 94.8 Å². The van der Waals surface area contributed by atoms with Crippen LogP contribution in [0.25, 0.3) is 11.4 Å². The number of aryl methyl sites for hydroxylation is 1. The first-order chi connectivity index (χ1) is 11.7. The molecule has 1 saturated heterocycles. The highest BCUT2D eigenvalue weighted by Gasteiger charge is 2.18. The van der Waals surface area contributed by atoms with Gasteiger partial charge in [-0.05, 0) is 11.4 Å². The number of nitrogens with zero attached hydrogens (tertiary/aromatic N) is 3. The zero-order valence-corrected chi connectivity index (χ0v) is 13.8. The quantitative estimate of drug-likeness (QED) is 0.720. The maximum absolute atomic E-state index is 11.9. The van der Waals surface area contributed by atoms with Gasteiger partial charge in [-0.3, -0.25) is 9.59 Å². The molecule has 0 aliphatic carbocycles. The number of esters is 1. The summed E-state index contributed by atoms with van der Waals surface area (Å²) < 4.78 is 15.3. The molecule has 1 fully saturated rings. The summed E-state index contributed by atoms with van der Waals surface area (Å²) in [6.07, 6.45) is 0.364. The van der Waals surface area contributed by atoms with Crippen molar-refractivity contribution in [1.82, 2.24) is 15.0 Å². The van der Waals surface area contributed by atoms with Crippen molar-refractivity contribution in [3.05, 3.63) is 22.7 Å². The lowest BCUT2D eigenvalue weighted by Gasteiger charge is -2.26. The largest absolute Gasteiger partial charge is 0.456 e. The second-order valence-corrected chi connectivity index (χ2v) is 5.96. The third-order valence-corrected chi connectivity index (χ3v) is 4.19. The van der Waals surface area contributed by atoms with E-state index in [1.54, 1.807) is 16.2 Å². The Morgan fingerprint density at radius 3 is 2.92 bits per heavy atom. The molecule has 0 atom stereocenters. The Morgan fingerprint density at radius 2 is 2.17 bits per heavy atom. The van der Waals surface area contributed by atoms with Crippen LogP contribution in [0.1, 0.15) is 12.3 Å². The zero-order valence-electron chi connectivity index (χ0n) is 13.0. The van der Waals surface area contributed by atoms with Crippen molar-refractivity contribution < 1.29 is 23.6 Å². The minimum Gasteiger partial charge on any atom is -0.456 e. The maximum Gasteiger partial charge on any atom is 0.306 e. The molecule has 1 aliphatic rings. The highest BCUT2D eigenvalue weighted by molar-refractivity contribution is 7.08. The molecule has 0 radical (unpaired) electrons. The second-order valence-electron chi connectivity index (χ2n) is 5.18. The average molecular weight is 351 g/mol. The molecule has 2 aromatic heterocycles. The number of ether oxygens (including phenoxy) is 2. The van der Waals surface area contributed by atoms with Gasteiger partial charge in [-0.2, -0.15) is 16.3 Å². The van der Waals surface area contributed by atoms with Crippen LogP contribution in [-0.4, -0.2) is 59.8 Å². The highest BCUT2D eigenvalue weighted by atomic mass is 32.1. The van der Waals surface area contributed by atoms with Gasteiger partial charge in [0.05, 0.1) is 19.6 Å². The van der Waals surface area contributed by atoms with Crippen molar-refractivity contribution in [2.45, 2.75) is 12.8 Å². The summed E-state index contributed by atoms with van der Waals surface area (Å²) in [5.74, 6) is 0.200. The van der Waals surface area contributed by atoms with Crippen molar-refractivity contribution >= 4 is 23.2 Å². The van der Waals surface area contributed by atoms with Crippen LogP contribution in [0.2, 0.25) is 0 Å². The summed E-state index contributed by atoms with van der Waals surface area (Å²) in [6, 6.07) is 1.89. The number of amides is 1. The standard InChI is InChI=1S/C15H17N3O5S/c19-13(18-4-6-21-7-5-18)9-22-14(20)2-1-12-16-15(17-23-12)11-3-8-24-10-11/h3,8,10H,1-2,4-7,9H2. The van der Waals surface area contributed by atoms with E-state index in [-0.39, 0.29) is 25.4 Å². The lowest BCUT2D eigenvalue weighted by atomic mass is 10.3. The Kier molecular flexibility index (Phi) is 5.55. The second kappa shape index (κ2) is 8.02. The molecular weight excluding hydrogens is 334 g/mol. The zero-order chi connectivity index (χ0) is 16.8. The number of carbonyl (C=O) groups is 2. The summed E-state index contributed by atoms with van der Waals surface area (Å²) in [5, 5.41) is 7.71. The third-order valence-electron chi connectivity index (χ3n) is 3.51. The summed E-state index contributed by atoms with van der Waals surface area (Å²) in [6.45, 7) is 1.85. The van der Waals surface area contributed by atoms with Gasteiger partial charge in [-0.25, -0.2) is 0 Å². The fourth-order valence-electron chi connectivity index (χ4n) is 2.19. The molecule has 0 bridgehead atoms. The molecule has 3 rings (SSSR count). The van der Waals surface area contributed by atoms with Gasteiger partial charge in [0.2, 0.25) is 11.7 Å². The van der Waals surface area contributed by atoms with Crippen LogP contribution in [0.15, 0.2) is 21.3 Å². The SMILES string of the molecule is O=C(CCc1nc(-c2ccsc2)no1)OCC(=O)N1CCOCC1. The van der Waals surface area contributed by atoms with Gasteiger partial charge < -0.3 is 18.9 Å². The van der Waals surface area contributed by atoms with Crippen LogP contribution in [0.4, 0.5) is 0 Å². The first-order valence-electron chi connectivity index (χ1n) is 7.58. The Morgan fingerprint density at radius 1 is 1.33 bits per heavy atom. The monoisotopic (exact) mass is 351 g/mol. The van der Waals surface area contributed by atoms with Gasteiger partial charge in [0.1, 0.15) is 0 Å². The van der Waals surface area contributed by atoms with Gasteiger partial charge in [0.25, 0.3) is 5.91 Å². The fourth-order valence-corrected chi connectivity index (χ4v) is 2.83. The predicted octanol–water partition coefficient (Wildman–Crippen LogP) is 1.13. The van der Waals surface area contributed by atoms with Crippen molar-refractivity contribution in [3.8, 4) is 11.4 Å². The van der Waals surface area contributed by atoms with Gasteiger partial charge in [-0.1, -0.05) is 5.16 Å². The van der Waals surface area contributed by atoms with Crippen LogP contribution in [0.3, 0.4) is 0 Å². The number of aromatic nitrogens is 2. The van der Waals surface area contributed by atoms with Gasteiger partial charge in [-0.15, -0.1) is 0 Å². The van der Waals surface area contributed by atoms with E-state index in [9.17, 15) is 9.59 Å². The predicted molar refractivity (Wildman–Crippen MR) is 84.3 cm³/mol. The molecule has 0 spiro atoms. The molecular formula is C15H17N3O5S. The van der Waals surface area contributed by atoms with Crippen molar-refractivity contribution in [3.63, 3.8) is 0 Å². The van der Waals surface area contributed by atoms with Crippen molar-refractivity contribution in [2.75, 3.05) is 32.9 Å². The average Bonchev–Trinajstić information content (AvgIpc) is 3.29. The van der Waals surface area contributed by atoms with E-state index in [4.69, 9.17) is 14.0 Å². The normalized spacial score (nSPS) is 14.6. The van der Waals surface area contributed by atoms with Gasteiger partial charge in [0, 0.05) is 30.5 Å². The molecule has 0 saturated carbocycles. The fraction of sp³-hybridized carbons (Fsp3) is 0.467. The molecule has 1 amide bonds. The van der Waals surface area contributed by atoms with E-state index >= 15 is 0 Å². The Labute approximate surface area is 142 Å². The maximum atomic E-state index is 11.9. The first kappa shape index (κ1) is 16.6. The number of hydrogen-bond donors (Lipinski definition) is 0. The molecule has 8 nitrogen and oxygen atoms in total. The van der Waals surface area contributed by atoms with E-state index in [2.05, 4.69) is 10.1 Å². The third kappa shape index (κ3) is 4.39. The van der Waals surface area contributed by atoms with Crippen molar-refractivity contribution in [1.29, 1.82) is 0 Å². The van der Waals surface area contributed by atoms with Crippen LogP contribution < -0.4 is 0 Å². The number of rotatable bonds is 6. The summed E-state index contributed by atoms with van der Waals surface area (Å²) in [5.41, 5.74) is 0.883. The first-order valence-corrected chi connectivity index (χ1v) is 8.53. The van der Waals surface area contributed by atoms with Crippen LogP contribution in [-0.2, 0) is 25.5 Å². The van der Waals surface area contributed by atoms with Crippen molar-refractivity contribution in [2.24, 2.45) is 0 Å². The van der Waals surface area contributed by atoms with Gasteiger partial charge >= 0.3 is 5.97 Å².